The Balaban J connectivity index is 2.24. The number of urea groups is 1. The van der Waals surface area contributed by atoms with Crippen LogP contribution in [0.3, 0.4) is 0 Å². The third kappa shape index (κ3) is 3.99. The minimum Gasteiger partial charge on any atom is -0.325 e. The zero-order chi connectivity index (χ0) is 17.0. The van der Waals surface area contributed by atoms with E-state index in [1.807, 2.05) is 13.8 Å². The molecule has 1 aliphatic heterocycles. The summed E-state index contributed by atoms with van der Waals surface area (Å²) in [5, 5.41) is 0. The first-order chi connectivity index (χ1) is 10.9. The Hall–Kier alpha value is -1.70. The zero-order valence-electron chi connectivity index (χ0n) is 13.9. The van der Waals surface area contributed by atoms with E-state index in [0.29, 0.717) is 31.9 Å². The highest BCUT2D eigenvalue weighted by Gasteiger charge is 2.30. The van der Waals surface area contributed by atoms with Crippen molar-refractivity contribution in [1.82, 2.24) is 19.8 Å². The maximum absolute atomic E-state index is 12.5. The molecule has 0 unspecified atom stereocenters. The molecule has 7 nitrogen and oxygen atoms in total. The van der Waals surface area contributed by atoms with Crippen molar-refractivity contribution in [3.8, 4) is 0 Å². The van der Waals surface area contributed by atoms with Gasteiger partial charge < -0.3 is 9.80 Å². The predicted octanol–water partition coefficient (Wildman–Crippen LogP) is 1.52. The first-order valence-electron chi connectivity index (χ1n) is 7.92. The van der Waals surface area contributed by atoms with E-state index in [1.54, 1.807) is 9.80 Å². The van der Waals surface area contributed by atoms with E-state index in [4.69, 9.17) is 0 Å². The summed E-state index contributed by atoms with van der Waals surface area (Å²) in [4.78, 5) is 24.3. The Morgan fingerprint density at radius 3 is 2.70 bits per heavy atom. The Morgan fingerprint density at radius 2 is 2.09 bits per heavy atom. The number of nitrogens with zero attached hydrogens (tertiary/aromatic N) is 4. The number of carbonyl (C=O) groups excluding carboxylic acids is 1. The highest BCUT2D eigenvalue weighted by atomic mass is 32.2. The lowest BCUT2D eigenvalue weighted by Crippen LogP contribution is -2.47. The minimum absolute atomic E-state index is 0.00895. The smallest absolute Gasteiger partial charge is 0.319 e. The monoisotopic (exact) mass is 340 g/mol. The van der Waals surface area contributed by atoms with Crippen LogP contribution in [0.15, 0.2) is 17.4 Å². The Labute approximate surface area is 137 Å². The van der Waals surface area contributed by atoms with Crippen LogP contribution in [0.2, 0.25) is 0 Å². The van der Waals surface area contributed by atoms with Crippen LogP contribution in [0.4, 0.5) is 4.79 Å². The van der Waals surface area contributed by atoms with Gasteiger partial charge in [0.25, 0.3) is 0 Å². The van der Waals surface area contributed by atoms with E-state index in [-0.39, 0.29) is 16.8 Å². The summed E-state index contributed by atoms with van der Waals surface area (Å²) in [7, 11) is -3.39. The molecule has 1 aromatic rings. The fourth-order valence-corrected chi connectivity index (χ4v) is 3.84. The van der Waals surface area contributed by atoms with Gasteiger partial charge >= 0.3 is 6.03 Å². The van der Waals surface area contributed by atoms with Gasteiger partial charge in [-0.15, -0.1) is 0 Å². The number of amides is 2. The zero-order valence-corrected chi connectivity index (χ0v) is 14.7. The van der Waals surface area contributed by atoms with Gasteiger partial charge in [0.05, 0.1) is 5.69 Å². The third-order valence-corrected chi connectivity index (χ3v) is 5.33. The Morgan fingerprint density at radius 1 is 1.39 bits per heavy atom. The maximum atomic E-state index is 12.5. The van der Waals surface area contributed by atoms with Gasteiger partial charge in [-0.3, -0.25) is 0 Å². The summed E-state index contributed by atoms with van der Waals surface area (Å²) < 4.78 is 23.9. The first kappa shape index (κ1) is 17.7. The number of hydrogen-bond donors (Lipinski definition) is 0. The average molecular weight is 340 g/mol. The number of carbonyl (C=O) groups is 1. The largest absolute Gasteiger partial charge is 0.325 e. The lowest BCUT2D eigenvalue weighted by Gasteiger charge is -2.36. The van der Waals surface area contributed by atoms with Gasteiger partial charge in [0.1, 0.15) is 11.2 Å². The molecule has 0 bridgehead atoms. The highest BCUT2D eigenvalue weighted by molar-refractivity contribution is 7.90. The van der Waals surface area contributed by atoms with E-state index in [9.17, 15) is 13.2 Å². The van der Waals surface area contributed by atoms with Crippen LogP contribution >= 0.6 is 0 Å². The van der Waals surface area contributed by atoms with E-state index in [2.05, 4.69) is 9.97 Å². The molecule has 8 heteroatoms. The average Bonchev–Trinajstić information content (AvgIpc) is 2.55. The summed E-state index contributed by atoms with van der Waals surface area (Å²) in [6.45, 7) is 6.43. The Kier molecular flexibility index (Phi) is 5.56. The molecule has 2 heterocycles. The van der Waals surface area contributed by atoms with Crippen molar-refractivity contribution >= 4 is 15.9 Å². The van der Waals surface area contributed by atoms with E-state index in [0.717, 1.165) is 19.1 Å². The molecule has 23 heavy (non-hydrogen) atoms. The summed E-state index contributed by atoms with van der Waals surface area (Å²) in [6.07, 6.45) is 5.54. The van der Waals surface area contributed by atoms with Gasteiger partial charge in [-0.05, 0) is 26.7 Å². The standard InChI is InChI=1S/C15H24N4O3S/c1-4-18(5-2)15(20)19-8-6-7-12(10-19)14-13(23(3,21)22)9-16-11-17-14/h9,11-12H,4-8,10H2,1-3H3/t12-/m1/s1. The molecule has 1 aliphatic rings. The molecule has 1 atom stereocenters. The van der Waals surface area contributed by atoms with Crippen LogP contribution in [0.5, 0.6) is 0 Å². The van der Waals surface area contributed by atoms with Crippen LogP contribution in [0.25, 0.3) is 0 Å². The Bertz CT molecular complexity index is 658. The third-order valence-electron chi connectivity index (χ3n) is 4.22. The number of piperidine rings is 1. The fourth-order valence-electron chi connectivity index (χ4n) is 2.99. The molecule has 1 aromatic heterocycles. The lowest BCUT2D eigenvalue weighted by atomic mass is 9.94. The van der Waals surface area contributed by atoms with Gasteiger partial charge in [-0.2, -0.15) is 0 Å². The number of aromatic nitrogens is 2. The second kappa shape index (κ2) is 7.25. The second-order valence-electron chi connectivity index (χ2n) is 5.78. The molecule has 1 saturated heterocycles. The van der Waals surface area contributed by atoms with Gasteiger partial charge in [0.15, 0.2) is 9.84 Å². The van der Waals surface area contributed by atoms with Crippen LogP contribution in [-0.2, 0) is 9.84 Å². The topological polar surface area (TPSA) is 83.5 Å². The minimum atomic E-state index is -3.39. The molecule has 0 aliphatic carbocycles. The summed E-state index contributed by atoms with van der Waals surface area (Å²) in [5.41, 5.74) is 0.527. The summed E-state index contributed by atoms with van der Waals surface area (Å²) in [5.74, 6) is -0.0732. The number of rotatable bonds is 4. The van der Waals surface area contributed by atoms with Crippen molar-refractivity contribution in [2.24, 2.45) is 0 Å². The van der Waals surface area contributed by atoms with Crippen molar-refractivity contribution in [3.05, 3.63) is 18.2 Å². The number of hydrogen-bond acceptors (Lipinski definition) is 5. The molecule has 0 aromatic carbocycles. The van der Waals surface area contributed by atoms with Crippen LogP contribution in [-0.4, -0.2) is 66.7 Å². The molecular weight excluding hydrogens is 316 g/mol. The molecule has 0 radical (unpaired) electrons. The van der Waals surface area contributed by atoms with Crippen molar-refractivity contribution in [1.29, 1.82) is 0 Å². The lowest BCUT2D eigenvalue weighted by molar-refractivity contribution is 0.141. The van der Waals surface area contributed by atoms with Crippen molar-refractivity contribution in [2.45, 2.75) is 37.5 Å². The molecule has 2 amide bonds. The molecule has 0 N–H and O–H groups in total. The molecule has 2 rings (SSSR count). The van der Waals surface area contributed by atoms with Crippen molar-refractivity contribution < 1.29 is 13.2 Å². The summed E-state index contributed by atoms with van der Waals surface area (Å²) in [6, 6.07) is 0.00895. The van der Waals surface area contributed by atoms with Crippen molar-refractivity contribution in [3.63, 3.8) is 0 Å². The van der Waals surface area contributed by atoms with Crippen LogP contribution in [0, 0.1) is 0 Å². The van der Waals surface area contributed by atoms with Gasteiger partial charge in [0, 0.05) is 44.5 Å². The SMILES string of the molecule is CCN(CC)C(=O)N1CCC[C@@H](c2ncncc2S(C)(=O)=O)C1. The molecule has 0 saturated carbocycles. The molecule has 128 valence electrons. The number of likely N-dealkylation sites (tertiary alicyclic amines) is 1. The first-order valence-corrected chi connectivity index (χ1v) is 9.81. The second-order valence-corrected chi connectivity index (χ2v) is 7.77. The van der Waals surface area contributed by atoms with E-state index < -0.39 is 9.84 Å². The van der Waals surface area contributed by atoms with E-state index in [1.165, 1.54) is 12.5 Å². The summed E-state index contributed by atoms with van der Waals surface area (Å²) >= 11 is 0. The van der Waals surface area contributed by atoms with Gasteiger partial charge in [-0.1, -0.05) is 0 Å². The molecular formula is C15H24N4O3S. The van der Waals surface area contributed by atoms with Crippen molar-refractivity contribution in [2.75, 3.05) is 32.4 Å². The van der Waals surface area contributed by atoms with Crippen LogP contribution in [0.1, 0.15) is 38.3 Å². The normalized spacial score (nSPS) is 18.7. The number of sulfone groups is 1. The van der Waals surface area contributed by atoms with Gasteiger partial charge in [-0.25, -0.2) is 23.2 Å². The predicted molar refractivity (Wildman–Crippen MR) is 87.0 cm³/mol. The highest BCUT2D eigenvalue weighted by Crippen LogP contribution is 2.29. The maximum Gasteiger partial charge on any atom is 0.319 e. The fraction of sp³-hybridized carbons (Fsp3) is 0.667. The van der Waals surface area contributed by atoms with E-state index >= 15 is 0 Å². The van der Waals surface area contributed by atoms with Gasteiger partial charge in [0.2, 0.25) is 0 Å². The molecule has 1 fully saturated rings. The van der Waals surface area contributed by atoms with Crippen LogP contribution < -0.4 is 0 Å². The molecule has 0 spiro atoms. The quantitative estimate of drug-likeness (QED) is 0.830.